The van der Waals surface area contributed by atoms with Gasteiger partial charge in [-0.2, -0.15) is 0 Å². The van der Waals surface area contributed by atoms with Gasteiger partial charge in [0.05, 0.1) is 5.75 Å². The van der Waals surface area contributed by atoms with Gasteiger partial charge in [-0.3, -0.25) is 9.59 Å². The molecule has 0 fully saturated rings. The molecule has 0 saturated heterocycles. The number of halogens is 1. The highest BCUT2D eigenvalue weighted by atomic mass is 32.2. The molecule has 148 valence electrons. The topological polar surface area (TPSA) is 71.1 Å². The fourth-order valence-corrected chi connectivity index (χ4v) is 3.33. The van der Waals surface area contributed by atoms with Crippen molar-refractivity contribution < 1.29 is 14.0 Å². The van der Waals surface area contributed by atoms with E-state index in [1.54, 1.807) is 24.4 Å². The number of nitrogens with zero attached hydrogens (tertiary/aromatic N) is 1. The highest BCUT2D eigenvalue weighted by molar-refractivity contribution is 7.99. The molecule has 0 unspecified atom stereocenters. The lowest BCUT2D eigenvalue weighted by molar-refractivity contribution is -0.113. The number of anilines is 2. The summed E-state index contributed by atoms with van der Waals surface area (Å²) >= 11 is 1.46. The summed E-state index contributed by atoms with van der Waals surface area (Å²) in [6, 6.07) is 16.5. The molecular formula is C22H20FN3O2S. The van der Waals surface area contributed by atoms with E-state index in [-0.39, 0.29) is 23.4 Å². The Bertz CT molecular complexity index is 992. The lowest BCUT2D eigenvalue weighted by Gasteiger charge is -2.07. The molecule has 0 radical (unpaired) electrons. The number of carbonyl (C=O) groups excluding carboxylic acids is 2. The van der Waals surface area contributed by atoms with Crippen molar-refractivity contribution >= 4 is 35.1 Å². The number of amides is 2. The molecule has 1 aromatic heterocycles. The Labute approximate surface area is 172 Å². The van der Waals surface area contributed by atoms with Crippen molar-refractivity contribution in [3.05, 3.63) is 89.4 Å². The first-order chi connectivity index (χ1) is 14.0. The maximum absolute atomic E-state index is 12.9. The lowest BCUT2D eigenvalue weighted by Crippen LogP contribution is -2.14. The molecule has 0 aliphatic carbocycles. The van der Waals surface area contributed by atoms with Gasteiger partial charge in [0.15, 0.2) is 0 Å². The fraction of sp³-hybridized carbons (Fsp3) is 0.136. The van der Waals surface area contributed by atoms with E-state index in [4.69, 9.17) is 0 Å². The van der Waals surface area contributed by atoms with Crippen LogP contribution in [0.3, 0.4) is 0 Å². The molecule has 2 amide bonds. The Morgan fingerprint density at radius 2 is 1.72 bits per heavy atom. The molecule has 1 heterocycles. The van der Waals surface area contributed by atoms with Gasteiger partial charge in [0.25, 0.3) is 5.91 Å². The van der Waals surface area contributed by atoms with Crippen LogP contribution in [0.1, 0.15) is 21.5 Å². The number of hydrogen-bond donors (Lipinski definition) is 2. The van der Waals surface area contributed by atoms with Crippen molar-refractivity contribution in [3.63, 3.8) is 0 Å². The second-order valence-electron chi connectivity index (χ2n) is 6.42. The predicted octanol–water partition coefficient (Wildman–Crippen LogP) is 4.65. The SMILES string of the molecule is Cc1ccnc(NC(=O)c2ccc(CSCC(=O)Nc3ccc(F)cc3)cc2)c1. The van der Waals surface area contributed by atoms with E-state index in [2.05, 4.69) is 15.6 Å². The van der Waals surface area contributed by atoms with Crippen LogP contribution in [0, 0.1) is 12.7 Å². The maximum atomic E-state index is 12.9. The molecule has 0 aliphatic heterocycles. The third-order valence-electron chi connectivity index (χ3n) is 4.00. The number of hydrogen-bond acceptors (Lipinski definition) is 4. The first-order valence-electron chi connectivity index (χ1n) is 8.96. The summed E-state index contributed by atoms with van der Waals surface area (Å²) in [7, 11) is 0. The second kappa shape index (κ2) is 9.84. The van der Waals surface area contributed by atoms with E-state index >= 15 is 0 Å². The zero-order chi connectivity index (χ0) is 20.6. The van der Waals surface area contributed by atoms with E-state index in [0.717, 1.165) is 11.1 Å². The van der Waals surface area contributed by atoms with Crippen molar-refractivity contribution in [1.82, 2.24) is 4.98 Å². The molecule has 3 aromatic rings. The van der Waals surface area contributed by atoms with Crippen molar-refractivity contribution in [2.24, 2.45) is 0 Å². The number of rotatable bonds is 7. The fourth-order valence-electron chi connectivity index (χ4n) is 2.54. The summed E-state index contributed by atoms with van der Waals surface area (Å²) < 4.78 is 12.9. The molecule has 0 saturated carbocycles. The number of pyridine rings is 1. The summed E-state index contributed by atoms with van der Waals surface area (Å²) in [4.78, 5) is 28.4. The smallest absolute Gasteiger partial charge is 0.256 e. The number of aromatic nitrogens is 1. The Morgan fingerprint density at radius 1 is 1.00 bits per heavy atom. The molecule has 0 aliphatic rings. The second-order valence-corrected chi connectivity index (χ2v) is 7.40. The molecule has 3 rings (SSSR count). The van der Waals surface area contributed by atoms with Crippen LogP contribution in [0.25, 0.3) is 0 Å². The van der Waals surface area contributed by atoms with Crippen LogP contribution in [0.5, 0.6) is 0 Å². The van der Waals surface area contributed by atoms with Gasteiger partial charge in [-0.05, 0) is 66.6 Å². The van der Waals surface area contributed by atoms with E-state index in [0.29, 0.717) is 22.8 Å². The predicted molar refractivity (Wildman–Crippen MR) is 115 cm³/mol. The van der Waals surface area contributed by atoms with Gasteiger partial charge < -0.3 is 10.6 Å². The summed E-state index contributed by atoms with van der Waals surface area (Å²) in [5.41, 5.74) is 3.13. The Kier molecular flexibility index (Phi) is 6.97. The third-order valence-corrected chi connectivity index (χ3v) is 5.01. The molecule has 7 heteroatoms. The average Bonchev–Trinajstić information content (AvgIpc) is 2.70. The van der Waals surface area contributed by atoms with Crippen LogP contribution < -0.4 is 10.6 Å². The van der Waals surface area contributed by atoms with Gasteiger partial charge in [0.1, 0.15) is 11.6 Å². The molecule has 0 atom stereocenters. The number of nitrogens with one attached hydrogen (secondary N) is 2. The number of benzene rings is 2. The third kappa shape index (κ3) is 6.43. The first-order valence-corrected chi connectivity index (χ1v) is 10.1. The van der Waals surface area contributed by atoms with Crippen molar-refractivity contribution in [1.29, 1.82) is 0 Å². The van der Waals surface area contributed by atoms with Gasteiger partial charge >= 0.3 is 0 Å². The van der Waals surface area contributed by atoms with Crippen LogP contribution in [0.2, 0.25) is 0 Å². The normalized spacial score (nSPS) is 10.4. The zero-order valence-corrected chi connectivity index (χ0v) is 16.6. The van der Waals surface area contributed by atoms with Crippen molar-refractivity contribution in [2.45, 2.75) is 12.7 Å². The average molecular weight is 409 g/mol. The summed E-state index contributed by atoms with van der Waals surface area (Å²) in [6.07, 6.45) is 1.65. The molecular weight excluding hydrogens is 389 g/mol. The summed E-state index contributed by atoms with van der Waals surface area (Å²) in [6.45, 7) is 1.93. The zero-order valence-electron chi connectivity index (χ0n) is 15.8. The minimum atomic E-state index is -0.343. The minimum Gasteiger partial charge on any atom is -0.325 e. The van der Waals surface area contributed by atoms with Crippen LogP contribution in [-0.2, 0) is 10.5 Å². The van der Waals surface area contributed by atoms with Crippen LogP contribution >= 0.6 is 11.8 Å². The quantitative estimate of drug-likeness (QED) is 0.596. The van der Waals surface area contributed by atoms with Gasteiger partial charge in [-0.1, -0.05) is 12.1 Å². The molecule has 2 aromatic carbocycles. The lowest BCUT2D eigenvalue weighted by atomic mass is 10.1. The van der Waals surface area contributed by atoms with Gasteiger partial charge in [-0.15, -0.1) is 11.8 Å². The molecule has 5 nitrogen and oxygen atoms in total. The number of thioether (sulfide) groups is 1. The monoisotopic (exact) mass is 409 g/mol. The van der Waals surface area contributed by atoms with Gasteiger partial charge in [0, 0.05) is 23.2 Å². The Hall–Kier alpha value is -3.19. The van der Waals surface area contributed by atoms with E-state index in [1.165, 1.54) is 36.0 Å². The standard InChI is InChI=1S/C22H20FN3O2S/c1-15-10-11-24-20(12-15)26-22(28)17-4-2-16(3-5-17)13-29-14-21(27)25-19-8-6-18(23)7-9-19/h2-12H,13-14H2,1H3,(H,25,27)(H,24,26,28). The van der Waals surface area contributed by atoms with Crippen LogP contribution in [0.15, 0.2) is 66.9 Å². The van der Waals surface area contributed by atoms with Crippen molar-refractivity contribution in [3.8, 4) is 0 Å². The number of carbonyl (C=O) groups is 2. The summed E-state index contributed by atoms with van der Waals surface area (Å²) in [5.74, 6) is 0.715. The van der Waals surface area contributed by atoms with Crippen molar-refractivity contribution in [2.75, 3.05) is 16.4 Å². The molecule has 2 N–H and O–H groups in total. The van der Waals surface area contributed by atoms with Gasteiger partial charge in [0.2, 0.25) is 5.91 Å². The Balaban J connectivity index is 1.45. The summed E-state index contributed by atoms with van der Waals surface area (Å²) in [5, 5.41) is 5.49. The molecule has 0 spiro atoms. The molecule has 0 bridgehead atoms. The number of aryl methyl sites for hydroxylation is 1. The van der Waals surface area contributed by atoms with E-state index in [9.17, 15) is 14.0 Å². The maximum Gasteiger partial charge on any atom is 0.256 e. The van der Waals surface area contributed by atoms with Crippen LogP contribution in [0.4, 0.5) is 15.9 Å². The van der Waals surface area contributed by atoms with E-state index < -0.39 is 0 Å². The van der Waals surface area contributed by atoms with Gasteiger partial charge in [-0.25, -0.2) is 9.37 Å². The Morgan fingerprint density at radius 3 is 2.41 bits per heavy atom. The van der Waals surface area contributed by atoms with E-state index in [1.807, 2.05) is 25.1 Å². The highest BCUT2D eigenvalue weighted by Gasteiger charge is 2.08. The molecule has 29 heavy (non-hydrogen) atoms. The highest BCUT2D eigenvalue weighted by Crippen LogP contribution is 2.15. The largest absolute Gasteiger partial charge is 0.325 e. The minimum absolute atomic E-state index is 0.150. The van der Waals surface area contributed by atoms with Crippen LogP contribution in [-0.4, -0.2) is 22.6 Å². The first kappa shape index (κ1) is 20.5.